The van der Waals surface area contributed by atoms with Crippen molar-refractivity contribution in [1.29, 1.82) is 0 Å². The van der Waals surface area contributed by atoms with E-state index in [1.165, 1.54) is 37.8 Å². The van der Waals surface area contributed by atoms with Crippen molar-refractivity contribution >= 4 is 0 Å². The number of nitrogens with one attached hydrogen (secondary N) is 1. The summed E-state index contributed by atoms with van der Waals surface area (Å²) in [6.07, 6.45) is 5.07. The molecular weight excluding hydrogens is 269 g/mol. The summed E-state index contributed by atoms with van der Waals surface area (Å²) in [5.74, 6) is 2.98. The zero-order valence-corrected chi connectivity index (χ0v) is 12.3. The number of hydrogen-bond donors (Lipinski definition) is 2. The zero-order chi connectivity index (χ0) is 14.7. The van der Waals surface area contributed by atoms with Crippen LogP contribution in [0.5, 0.6) is 5.75 Å². The van der Waals surface area contributed by atoms with Gasteiger partial charge in [-0.25, -0.2) is 4.39 Å². The Morgan fingerprint density at radius 1 is 1.24 bits per heavy atom. The Morgan fingerprint density at radius 2 is 2.05 bits per heavy atom. The Hall–Kier alpha value is -1.13. The van der Waals surface area contributed by atoms with E-state index in [4.69, 9.17) is 4.74 Å². The van der Waals surface area contributed by atoms with E-state index >= 15 is 0 Å². The summed E-state index contributed by atoms with van der Waals surface area (Å²) >= 11 is 0. The number of aliphatic hydroxyl groups is 1. The van der Waals surface area contributed by atoms with Crippen molar-refractivity contribution in [2.75, 3.05) is 19.7 Å². The smallest absolute Gasteiger partial charge is 0.123 e. The molecule has 0 aromatic heterocycles. The normalized spacial score (nSPS) is 28.8. The minimum atomic E-state index is -0.534. The second-order valence-electron chi connectivity index (χ2n) is 6.51. The van der Waals surface area contributed by atoms with Crippen LogP contribution in [0.3, 0.4) is 0 Å². The fourth-order valence-electron chi connectivity index (χ4n) is 3.84. The number of aliphatic hydroxyl groups excluding tert-OH is 1. The van der Waals surface area contributed by atoms with E-state index in [9.17, 15) is 9.50 Å². The van der Waals surface area contributed by atoms with Crippen molar-refractivity contribution in [3.8, 4) is 5.75 Å². The predicted octanol–water partition coefficient (Wildman–Crippen LogP) is 2.59. The molecule has 116 valence electrons. The summed E-state index contributed by atoms with van der Waals surface area (Å²) in [6.45, 7) is 1.79. The summed E-state index contributed by atoms with van der Waals surface area (Å²) in [7, 11) is 0. The van der Waals surface area contributed by atoms with Gasteiger partial charge in [0.05, 0.1) is 0 Å². The maximum Gasteiger partial charge on any atom is 0.123 e. The van der Waals surface area contributed by atoms with Crippen molar-refractivity contribution in [3.05, 3.63) is 30.1 Å². The van der Waals surface area contributed by atoms with E-state index < -0.39 is 6.10 Å². The lowest BCUT2D eigenvalue weighted by Gasteiger charge is -2.22. The van der Waals surface area contributed by atoms with Gasteiger partial charge in [-0.05, 0) is 67.8 Å². The molecule has 0 saturated heterocycles. The first-order valence-electron chi connectivity index (χ1n) is 7.98. The van der Waals surface area contributed by atoms with Gasteiger partial charge in [0, 0.05) is 6.54 Å². The van der Waals surface area contributed by atoms with Crippen molar-refractivity contribution in [3.63, 3.8) is 0 Å². The third kappa shape index (κ3) is 3.95. The maximum absolute atomic E-state index is 12.7. The van der Waals surface area contributed by atoms with Gasteiger partial charge in [0.1, 0.15) is 24.3 Å². The van der Waals surface area contributed by atoms with Crippen LogP contribution < -0.4 is 10.1 Å². The monoisotopic (exact) mass is 293 g/mol. The van der Waals surface area contributed by atoms with Crippen molar-refractivity contribution in [2.45, 2.75) is 31.8 Å². The molecule has 4 heteroatoms. The van der Waals surface area contributed by atoms with Crippen molar-refractivity contribution in [2.24, 2.45) is 17.8 Å². The molecule has 0 spiro atoms. The molecule has 2 saturated carbocycles. The summed E-state index contributed by atoms with van der Waals surface area (Å²) < 4.78 is 18.2. The topological polar surface area (TPSA) is 41.5 Å². The quantitative estimate of drug-likeness (QED) is 0.812. The SMILES string of the molecule is OC(CNCC1CC2CCC1C2)COc1ccc(F)cc1. The Balaban J connectivity index is 1.31. The van der Waals surface area contributed by atoms with Crippen LogP contribution >= 0.6 is 0 Å². The van der Waals surface area contributed by atoms with Crippen molar-refractivity contribution < 1.29 is 14.2 Å². The highest BCUT2D eigenvalue weighted by Crippen LogP contribution is 2.47. The lowest BCUT2D eigenvalue weighted by atomic mass is 9.89. The molecule has 0 heterocycles. The molecule has 2 aliphatic carbocycles. The lowest BCUT2D eigenvalue weighted by molar-refractivity contribution is 0.104. The highest BCUT2D eigenvalue weighted by Gasteiger charge is 2.38. The number of ether oxygens (including phenoxy) is 1. The molecule has 0 radical (unpaired) electrons. The van der Waals surface area contributed by atoms with Crippen LogP contribution in [0.2, 0.25) is 0 Å². The van der Waals surface area contributed by atoms with Gasteiger partial charge in [-0.1, -0.05) is 6.42 Å². The molecule has 0 amide bonds. The second kappa shape index (κ2) is 6.75. The molecule has 1 aromatic rings. The first kappa shape index (κ1) is 14.8. The predicted molar refractivity (Wildman–Crippen MR) is 79.7 cm³/mol. The van der Waals surface area contributed by atoms with E-state index in [2.05, 4.69) is 5.32 Å². The molecule has 2 bridgehead atoms. The highest BCUT2D eigenvalue weighted by atomic mass is 19.1. The third-order valence-corrected chi connectivity index (χ3v) is 4.93. The molecule has 2 fully saturated rings. The average Bonchev–Trinajstić information content (AvgIpc) is 3.09. The van der Waals surface area contributed by atoms with Crippen LogP contribution in [-0.2, 0) is 0 Å². The fraction of sp³-hybridized carbons (Fsp3) is 0.647. The van der Waals surface area contributed by atoms with E-state index in [-0.39, 0.29) is 12.4 Å². The standard InChI is InChI=1S/C17H24FNO2/c18-15-3-5-17(6-4-15)21-11-16(20)10-19-9-14-8-12-1-2-13(14)7-12/h3-6,12-14,16,19-20H,1-2,7-11H2. The molecule has 0 aliphatic heterocycles. The number of halogens is 1. The number of hydrogen-bond acceptors (Lipinski definition) is 3. The summed E-state index contributed by atoms with van der Waals surface area (Å²) in [6, 6.07) is 5.86. The number of fused-ring (bicyclic) bond motifs is 2. The van der Waals surface area contributed by atoms with Gasteiger partial charge >= 0.3 is 0 Å². The Morgan fingerprint density at radius 3 is 2.71 bits per heavy atom. The van der Waals surface area contributed by atoms with Gasteiger partial charge < -0.3 is 15.2 Å². The lowest BCUT2D eigenvalue weighted by Crippen LogP contribution is -2.35. The third-order valence-electron chi connectivity index (χ3n) is 4.93. The van der Waals surface area contributed by atoms with E-state index in [1.807, 2.05) is 0 Å². The maximum atomic E-state index is 12.7. The summed E-state index contributed by atoms with van der Waals surface area (Å²) in [4.78, 5) is 0. The highest BCUT2D eigenvalue weighted by molar-refractivity contribution is 5.22. The largest absolute Gasteiger partial charge is 0.491 e. The van der Waals surface area contributed by atoms with E-state index in [0.717, 1.165) is 24.3 Å². The minimum absolute atomic E-state index is 0.232. The Kier molecular flexibility index (Phi) is 4.76. The van der Waals surface area contributed by atoms with Crippen LogP contribution in [0, 0.1) is 23.6 Å². The molecule has 2 aliphatic rings. The molecule has 2 N–H and O–H groups in total. The summed E-state index contributed by atoms with van der Waals surface area (Å²) in [5, 5.41) is 13.3. The molecular formula is C17H24FNO2. The fourth-order valence-corrected chi connectivity index (χ4v) is 3.84. The van der Waals surface area contributed by atoms with Gasteiger partial charge in [-0.2, -0.15) is 0 Å². The first-order chi connectivity index (χ1) is 10.2. The zero-order valence-electron chi connectivity index (χ0n) is 12.3. The summed E-state index contributed by atoms with van der Waals surface area (Å²) in [5.41, 5.74) is 0. The molecule has 4 unspecified atom stereocenters. The van der Waals surface area contributed by atoms with E-state index in [1.54, 1.807) is 12.1 Å². The van der Waals surface area contributed by atoms with Crippen LogP contribution in [0.4, 0.5) is 4.39 Å². The Bertz CT molecular complexity index is 451. The van der Waals surface area contributed by atoms with E-state index in [0.29, 0.717) is 12.3 Å². The van der Waals surface area contributed by atoms with Crippen LogP contribution in [0.15, 0.2) is 24.3 Å². The van der Waals surface area contributed by atoms with Crippen LogP contribution in [0.25, 0.3) is 0 Å². The Labute approximate surface area is 125 Å². The molecule has 4 atom stereocenters. The van der Waals surface area contributed by atoms with Gasteiger partial charge in [-0.3, -0.25) is 0 Å². The van der Waals surface area contributed by atoms with Gasteiger partial charge in [0.2, 0.25) is 0 Å². The first-order valence-corrected chi connectivity index (χ1v) is 7.98. The number of benzene rings is 1. The van der Waals surface area contributed by atoms with Crippen molar-refractivity contribution in [1.82, 2.24) is 5.32 Å². The second-order valence-corrected chi connectivity index (χ2v) is 6.51. The molecule has 3 nitrogen and oxygen atoms in total. The molecule has 3 rings (SSSR count). The number of rotatable bonds is 7. The van der Waals surface area contributed by atoms with Gasteiger partial charge in [0.25, 0.3) is 0 Å². The van der Waals surface area contributed by atoms with Gasteiger partial charge in [0.15, 0.2) is 0 Å². The molecule has 21 heavy (non-hydrogen) atoms. The molecule has 1 aromatic carbocycles. The van der Waals surface area contributed by atoms with Crippen LogP contribution in [-0.4, -0.2) is 30.9 Å². The average molecular weight is 293 g/mol. The van der Waals surface area contributed by atoms with Gasteiger partial charge in [-0.15, -0.1) is 0 Å². The minimum Gasteiger partial charge on any atom is -0.491 e. The van der Waals surface area contributed by atoms with Crippen LogP contribution in [0.1, 0.15) is 25.7 Å².